The normalized spacial score (nSPS) is 2.00. The van der Waals surface area contributed by atoms with Crippen molar-refractivity contribution in [2.75, 3.05) is 14.2 Å². The van der Waals surface area contributed by atoms with Crippen molar-refractivity contribution < 1.29 is 50.4 Å². The van der Waals surface area contributed by atoms with Crippen molar-refractivity contribution in [3.63, 3.8) is 0 Å². The summed E-state index contributed by atoms with van der Waals surface area (Å²) in [4.78, 5) is 0. The van der Waals surface area contributed by atoms with E-state index in [0.29, 0.717) is 0 Å². The van der Waals surface area contributed by atoms with Crippen molar-refractivity contribution >= 4 is 0 Å². The summed E-state index contributed by atoms with van der Waals surface area (Å²) in [5.74, 6) is 0. The third-order valence-corrected chi connectivity index (χ3v) is 0. The maximum Gasteiger partial charge on any atom is 0.0319 e. The van der Waals surface area contributed by atoms with Gasteiger partial charge >= 0.3 is 0 Å². The number of aliphatic hydroxyl groups is 2. The van der Waals surface area contributed by atoms with Gasteiger partial charge in [-0.2, -0.15) is 0 Å². The number of rotatable bonds is 0. The van der Waals surface area contributed by atoms with Gasteiger partial charge in [-0.05, 0) is 0 Å². The van der Waals surface area contributed by atoms with Gasteiger partial charge < -0.3 is 10.2 Å². The summed E-state index contributed by atoms with van der Waals surface area (Å²) in [6.45, 7) is 0. The fraction of sp³-hybridized carbons (Fsp3) is 1.00. The van der Waals surface area contributed by atoms with E-state index in [1.165, 1.54) is 0 Å². The molecule has 4 heteroatoms. The Kier molecular flexibility index (Phi) is 512. The Morgan fingerprint density at radius 3 is 0.667 bits per heavy atom. The van der Waals surface area contributed by atoms with Crippen molar-refractivity contribution in [3.8, 4) is 0 Å². The Bertz CT molecular complexity index is 9.51. The largest absolute Gasteiger partial charge is 0.400 e. The summed E-state index contributed by atoms with van der Waals surface area (Å²) in [6.07, 6.45) is 0. The Hall–Kier alpha value is 1.22. The van der Waals surface area contributed by atoms with Crippen LogP contribution in [0, 0.1) is 0 Å². The molecule has 0 atom stereocenters. The molecule has 46 valence electrons. The van der Waals surface area contributed by atoms with Crippen LogP contribution in [0.25, 0.3) is 0 Å². The Morgan fingerprint density at radius 2 is 0.667 bits per heavy atom. The third kappa shape index (κ3) is 62.5. The average molecular weight is 449 g/mol. The van der Waals surface area contributed by atoms with E-state index in [4.69, 9.17) is 10.2 Å². The molecule has 6 heavy (non-hydrogen) atoms. The van der Waals surface area contributed by atoms with E-state index in [-0.39, 0.29) is 40.2 Å². The van der Waals surface area contributed by atoms with Gasteiger partial charge in [-0.15, -0.1) is 0 Å². The molecule has 0 bridgehead atoms. The van der Waals surface area contributed by atoms with Gasteiger partial charge in [-0.1, -0.05) is 0 Å². The van der Waals surface area contributed by atoms with Crippen molar-refractivity contribution in [2.45, 2.75) is 0 Å². The molecule has 0 aromatic carbocycles. The molecule has 0 unspecified atom stereocenters. The molecule has 0 saturated carbocycles. The van der Waals surface area contributed by atoms with E-state index in [2.05, 4.69) is 0 Å². The molecular weight excluding hydrogens is 440 g/mol. The fourth-order valence-electron chi connectivity index (χ4n) is 0. The molecular formula is C2H8Ir2O2. The van der Waals surface area contributed by atoms with E-state index in [1.54, 1.807) is 0 Å². The summed E-state index contributed by atoms with van der Waals surface area (Å²) < 4.78 is 0. The minimum absolute atomic E-state index is 0. The topological polar surface area (TPSA) is 40.5 Å². The second-order valence-corrected chi connectivity index (χ2v) is 0. The van der Waals surface area contributed by atoms with Crippen LogP contribution in [0.4, 0.5) is 0 Å². The molecule has 0 aromatic rings. The first-order valence-corrected chi connectivity index (χ1v) is 0.894. The van der Waals surface area contributed by atoms with E-state index in [9.17, 15) is 0 Å². The van der Waals surface area contributed by atoms with Gasteiger partial charge in [0.1, 0.15) is 0 Å². The fourth-order valence-corrected chi connectivity index (χ4v) is 0. The molecule has 0 amide bonds. The number of hydrogen-bond donors (Lipinski definition) is 2. The van der Waals surface area contributed by atoms with Crippen LogP contribution in [-0.4, -0.2) is 24.4 Å². The summed E-state index contributed by atoms with van der Waals surface area (Å²) in [6, 6.07) is 0. The van der Waals surface area contributed by atoms with E-state index in [1.807, 2.05) is 0 Å². The monoisotopic (exact) mass is 450 g/mol. The van der Waals surface area contributed by atoms with Crippen LogP contribution in [0.15, 0.2) is 0 Å². The first-order chi connectivity index (χ1) is 2.00. The third-order valence-electron chi connectivity index (χ3n) is 0. The zero-order chi connectivity index (χ0) is 4.00. The van der Waals surface area contributed by atoms with Crippen LogP contribution >= 0.6 is 0 Å². The minimum Gasteiger partial charge on any atom is -0.400 e. The van der Waals surface area contributed by atoms with Gasteiger partial charge in [0.25, 0.3) is 0 Å². The number of aliphatic hydroxyl groups excluding tert-OH is 2. The maximum atomic E-state index is 7.00. The smallest absolute Gasteiger partial charge is 0.0319 e. The quantitative estimate of drug-likeness (QED) is 0.510. The minimum atomic E-state index is 0. The summed E-state index contributed by atoms with van der Waals surface area (Å²) in [5, 5.41) is 14.0. The molecule has 0 aromatic heterocycles. The van der Waals surface area contributed by atoms with Crippen LogP contribution in [0.1, 0.15) is 0 Å². The van der Waals surface area contributed by atoms with Crippen LogP contribution in [0.5, 0.6) is 0 Å². The molecule has 0 saturated heterocycles. The molecule has 0 aliphatic heterocycles. The zero-order valence-electron chi connectivity index (χ0n) is 3.56. The first kappa shape index (κ1) is 26.9. The van der Waals surface area contributed by atoms with Crippen molar-refractivity contribution in [3.05, 3.63) is 0 Å². The molecule has 0 spiro atoms. The van der Waals surface area contributed by atoms with E-state index < -0.39 is 0 Å². The van der Waals surface area contributed by atoms with Crippen LogP contribution in [0.3, 0.4) is 0 Å². The van der Waals surface area contributed by atoms with Crippen molar-refractivity contribution in [1.82, 2.24) is 0 Å². The first-order valence-electron chi connectivity index (χ1n) is 0.894. The van der Waals surface area contributed by atoms with Gasteiger partial charge in [0.2, 0.25) is 0 Å². The van der Waals surface area contributed by atoms with Gasteiger partial charge in [0.05, 0.1) is 0 Å². The van der Waals surface area contributed by atoms with Crippen LogP contribution in [-0.2, 0) is 40.2 Å². The second kappa shape index (κ2) is 114. The van der Waals surface area contributed by atoms with Crippen molar-refractivity contribution in [1.29, 1.82) is 0 Å². The number of hydrogen-bond acceptors (Lipinski definition) is 2. The standard InChI is InChI=1S/2CH4O.2Ir/c2*1-2;;/h2*2H,1H3;;. The SMILES string of the molecule is CO.CO.[Ir].[Ir]. The van der Waals surface area contributed by atoms with Crippen LogP contribution in [0.2, 0.25) is 0 Å². The molecule has 2 N–H and O–H groups in total. The van der Waals surface area contributed by atoms with Gasteiger partial charge in [-0.25, -0.2) is 0 Å². The van der Waals surface area contributed by atoms with Crippen molar-refractivity contribution in [2.24, 2.45) is 0 Å². The van der Waals surface area contributed by atoms with Gasteiger partial charge in [0.15, 0.2) is 0 Å². The summed E-state index contributed by atoms with van der Waals surface area (Å²) in [7, 11) is 2.00. The predicted octanol–water partition coefficient (Wildman–Crippen LogP) is -0.788. The predicted molar refractivity (Wildman–Crippen MR) is 16.3 cm³/mol. The van der Waals surface area contributed by atoms with E-state index >= 15 is 0 Å². The summed E-state index contributed by atoms with van der Waals surface area (Å²) in [5.41, 5.74) is 0. The van der Waals surface area contributed by atoms with Gasteiger partial charge in [-0.3, -0.25) is 0 Å². The molecule has 0 heterocycles. The molecule has 2 radical (unpaired) electrons. The summed E-state index contributed by atoms with van der Waals surface area (Å²) >= 11 is 0. The Balaban J connectivity index is -0.00000000500. The zero-order valence-corrected chi connectivity index (χ0v) is 8.35. The molecule has 0 rings (SSSR count). The second-order valence-electron chi connectivity index (χ2n) is 0. The molecule has 0 aliphatic rings. The van der Waals surface area contributed by atoms with E-state index in [0.717, 1.165) is 14.2 Å². The average Bonchev–Trinajstić information content (AvgIpc) is 1.50. The van der Waals surface area contributed by atoms with Gasteiger partial charge in [0, 0.05) is 54.4 Å². The maximum absolute atomic E-state index is 7.00. The Morgan fingerprint density at radius 1 is 0.667 bits per heavy atom. The molecule has 0 aliphatic carbocycles. The molecule has 2 nitrogen and oxygen atoms in total. The molecule has 0 fully saturated rings. The van der Waals surface area contributed by atoms with Crippen LogP contribution < -0.4 is 0 Å². The Labute approximate surface area is 64.7 Å².